The number of rotatable bonds is 3. The van der Waals surface area contributed by atoms with E-state index in [4.69, 9.17) is 11.6 Å². The lowest BCUT2D eigenvalue weighted by Gasteiger charge is -2.05. The fraction of sp³-hybridized carbons (Fsp3) is 0.417. The largest absolute Gasteiger partial charge is 0.270 e. The van der Waals surface area contributed by atoms with Crippen molar-refractivity contribution in [3.8, 4) is 11.4 Å². The molecule has 0 aromatic carbocycles. The molecular weight excluding hydrogens is 316 g/mol. The van der Waals surface area contributed by atoms with E-state index < -0.39 is 0 Å². The fourth-order valence-electron chi connectivity index (χ4n) is 1.56. The quantitative estimate of drug-likeness (QED) is 0.802. The van der Waals surface area contributed by atoms with Gasteiger partial charge in [-0.2, -0.15) is 5.10 Å². The number of nitrogens with zero attached hydrogens (tertiary/aromatic N) is 4. The number of hydrogen-bond donors (Lipinski definition) is 0. The van der Waals surface area contributed by atoms with Crippen molar-refractivity contribution in [1.82, 2.24) is 19.7 Å². The maximum Gasteiger partial charge on any atom is 0.164 e. The summed E-state index contributed by atoms with van der Waals surface area (Å²) in [6, 6.07) is 0.315. The zero-order chi connectivity index (χ0) is 13.3. The second-order valence-electron chi connectivity index (χ2n) is 4.26. The Bertz CT molecular complexity index is 565. The van der Waals surface area contributed by atoms with Crippen LogP contribution in [0.1, 0.15) is 32.5 Å². The van der Waals surface area contributed by atoms with Gasteiger partial charge in [0, 0.05) is 12.2 Å². The van der Waals surface area contributed by atoms with Gasteiger partial charge < -0.3 is 0 Å². The first-order chi connectivity index (χ1) is 8.52. The second kappa shape index (κ2) is 5.36. The van der Waals surface area contributed by atoms with Crippen LogP contribution in [0.2, 0.25) is 5.15 Å². The van der Waals surface area contributed by atoms with Gasteiger partial charge in [0.15, 0.2) is 5.82 Å². The average Bonchev–Trinajstić information content (AvgIpc) is 2.82. The van der Waals surface area contributed by atoms with Crippen LogP contribution in [0.5, 0.6) is 0 Å². The third-order valence-corrected chi connectivity index (χ3v) is 3.94. The summed E-state index contributed by atoms with van der Waals surface area (Å²) in [6.07, 6.45) is 4.50. The van der Waals surface area contributed by atoms with Crippen LogP contribution in [0, 0.1) is 0 Å². The molecule has 6 heteroatoms. The Morgan fingerprint density at radius 1 is 1.39 bits per heavy atom. The molecule has 0 spiro atoms. The van der Waals surface area contributed by atoms with E-state index in [1.54, 1.807) is 6.20 Å². The number of hydrogen-bond acceptors (Lipinski definition) is 3. The summed E-state index contributed by atoms with van der Waals surface area (Å²) in [4.78, 5) is 8.78. The monoisotopic (exact) mass is 328 g/mol. The number of aryl methyl sites for hydroxylation is 1. The lowest BCUT2D eigenvalue weighted by atomic mass is 10.3. The molecule has 2 rings (SSSR count). The van der Waals surface area contributed by atoms with Crippen molar-refractivity contribution in [2.45, 2.75) is 33.2 Å². The molecule has 4 nitrogen and oxygen atoms in total. The van der Waals surface area contributed by atoms with Crippen molar-refractivity contribution in [3.63, 3.8) is 0 Å². The minimum Gasteiger partial charge on any atom is -0.270 e. The summed E-state index contributed by atoms with van der Waals surface area (Å²) >= 11 is 9.49. The Morgan fingerprint density at radius 2 is 2.11 bits per heavy atom. The third kappa shape index (κ3) is 2.57. The van der Waals surface area contributed by atoms with Crippen molar-refractivity contribution in [1.29, 1.82) is 0 Å². The number of aromatic nitrogens is 4. The molecule has 18 heavy (non-hydrogen) atoms. The van der Waals surface area contributed by atoms with Crippen molar-refractivity contribution < 1.29 is 0 Å². The van der Waals surface area contributed by atoms with E-state index >= 15 is 0 Å². The molecular formula is C12H14BrClN4. The van der Waals surface area contributed by atoms with Gasteiger partial charge in [-0.1, -0.05) is 18.5 Å². The van der Waals surface area contributed by atoms with Gasteiger partial charge in [0.2, 0.25) is 0 Å². The van der Waals surface area contributed by atoms with Crippen molar-refractivity contribution in [2.75, 3.05) is 0 Å². The summed E-state index contributed by atoms with van der Waals surface area (Å²) in [5.41, 5.74) is 1.79. The first-order valence-corrected chi connectivity index (χ1v) is 6.96. The Labute approximate surface area is 120 Å². The van der Waals surface area contributed by atoms with Crippen LogP contribution in [-0.2, 0) is 6.42 Å². The molecule has 2 heterocycles. The standard InChI is InChI=1S/C12H14BrClN4/c1-4-9-10(13)11(14)17-12(16-9)8-5-15-18(6-8)7(2)3/h5-7H,4H2,1-3H3. The zero-order valence-corrected chi connectivity index (χ0v) is 12.8. The van der Waals surface area contributed by atoms with E-state index in [1.807, 2.05) is 17.8 Å². The molecule has 0 saturated carbocycles. The Kier molecular flexibility index (Phi) is 4.02. The van der Waals surface area contributed by atoms with E-state index in [0.717, 1.165) is 22.2 Å². The SMILES string of the molecule is CCc1nc(-c2cnn(C(C)C)c2)nc(Cl)c1Br. The van der Waals surface area contributed by atoms with Gasteiger partial charge in [0.25, 0.3) is 0 Å². The molecule has 0 fully saturated rings. The molecule has 0 saturated heterocycles. The van der Waals surface area contributed by atoms with Crippen molar-refractivity contribution in [3.05, 3.63) is 27.7 Å². The van der Waals surface area contributed by atoms with Gasteiger partial charge in [0.05, 0.1) is 21.9 Å². The molecule has 0 aliphatic rings. The van der Waals surface area contributed by atoms with E-state index in [1.165, 1.54) is 0 Å². The van der Waals surface area contributed by atoms with Gasteiger partial charge in [-0.15, -0.1) is 0 Å². The van der Waals surface area contributed by atoms with Gasteiger partial charge in [-0.05, 0) is 36.2 Å². The molecule has 2 aromatic rings. The van der Waals surface area contributed by atoms with Gasteiger partial charge in [-0.25, -0.2) is 9.97 Å². The van der Waals surface area contributed by atoms with Crippen LogP contribution in [0.3, 0.4) is 0 Å². The highest BCUT2D eigenvalue weighted by molar-refractivity contribution is 9.10. The van der Waals surface area contributed by atoms with Crippen LogP contribution in [0.4, 0.5) is 0 Å². The summed E-state index contributed by atoms with van der Waals surface area (Å²) < 4.78 is 2.65. The van der Waals surface area contributed by atoms with E-state index in [2.05, 4.69) is 44.8 Å². The highest BCUT2D eigenvalue weighted by atomic mass is 79.9. The lowest BCUT2D eigenvalue weighted by Crippen LogP contribution is -2.00. The Hall–Kier alpha value is -0.940. The van der Waals surface area contributed by atoms with Crippen LogP contribution in [-0.4, -0.2) is 19.7 Å². The van der Waals surface area contributed by atoms with Gasteiger partial charge in [-0.3, -0.25) is 4.68 Å². The fourth-order valence-corrected chi connectivity index (χ4v) is 2.21. The lowest BCUT2D eigenvalue weighted by molar-refractivity contribution is 0.532. The molecule has 0 N–H and O–H groups in total. The number of halogens is 2. The smallest absolute Gasteiger partial charge is 0.164 e. The normalized spacial score (nSPS) is 11.2. The van der Waals surface area contributed by atoms with Crippen molar-refractivity contribution in [2.24, 2.45) is 0 Å². The zero-order valence-electron chi connectivity index (χ0n) is 10.5. The Morgan fingerprint density at radius 3 is 2.67 bits per heavy atom. The molecule has 2 aromatic heterocycles. The minimum atomic E-state index is 0.315. The highest BCUT2D eigenvalue weighted by Gasteiger charge is 2.12. The van der Waals surface area contributed by atoms with Crippen LogP contribution >= 0.6 is 27.5 Å². The molecule has 0 aliphatic carbocycles. The molecule has 96 valence electrons. The van der Waals surface area contributed by atoms with Gasteiger partial charge >= 0.3 is 0 Å². The van der Waals surface area contributed by atoms with Crippen molar-refractivity contribution >= 4 is 27.5 Å². The first-order valence-electron chi connectivity index (χ1n) is 5.79. The summed E-state index contributed by atoms with van der Waals surface area (Å²) in [6.45, 7) is 6.18. The summed E-state index contributed by atoms with van der Waals surface area (Å²) in [5, 5.41) is 4.72. The maximum absolute atomic E-state index is 6.09. The summed E-state index contributed by atoms with van der Waals surface area (Å²) in [5.74, 6) is 0.618. The summed E-state index contributed by atoms with van der Waals surface area (Å²) in [7, 11) is 0. The van der Waals surface area contributed by atoms with Crippen LogP contribution in [0.25, 0.3) is 11.4 Å². The molecule has 0 aliphatic heterocycles. The van der Waals surface area contributed by atoms with E-state index in [9.17, 15) is 0 Å². The molecule has 0 unspecified atom stereocenters. The first kappa shape index (κ1) is 13.5. The third-order valence-electron chi connectivity index (χ3n) is 2.60. The van der Waals surface area contributed by atoms with Gasteiger partial charge in [0.1, 0.15) is 5.15 Å². The van der Waals surface area contributed by atoms with E-state index in [0.29, 0.717) is 17.0 Å². The minimum absolute atomic E-state index is 0.315. The predicted molar refractivity (Wildman–Crippen MR) is 75.7 cm³/mol. The molecule has 0 amide bonds. The molecule has 0 atom stereocenters. The van der Waals surface area contributed by atoms with Crippen LogP contribution < -0.4 is 0 Å². The highest BCUT2D eigenvalue weighted by Crippen LogP contribution is 2.27. The Balaban J connectivity index is 2.47. The average molecular weight is 330 g/mol. The second-order valence-corrected chi connectivity index (χ2v) is 5.41. The predicted octanol–water partition coefficient (Wildman–Crippen LogP) is 3.90. The van der Waals surface area contributed by atoms with E-state index in [-0.39, 0.29) is 0 Å². The van der Waals surface area contributed by atoms with Crippen LogP contribution in [0.15, 0.2) is 16.9 Å². The topological polar surface area (TPSA) is 43.6 Å². The maximum atomic E-state index is 6.09. The molecule has 0 bridgehead atoms. The molecule has 0 radical (unpaired) electrons.